The van der Waals surface area contributed by atoms with Gasteiger partial charge in [-0.3, -0.25) is 14.6 Å². The Hall–Kier alpha value is -5.82. The number of thiazole rings is 2. The fourth-order valence-electron chi connectivity index (χ4n) is 6.81. The van der Waals surface area contributed by atoms with Crippen LogP contribution in [0.25, 0.3) is 11.0 Å². The standard InChI is InChI=1S/C22H20N4O4S2.C19H17N3O3S2.C2H6/c1-32(28,29)16-6-4-5-15(13-16)20(27)19-14-23-22(31-19)26-11-9-25(10-12-26)21-17-7-2-3-8-18(17)30-24-21;1-27(24,25)16-4-2-3-14(9-16)18(23)17-11-21-19(26-17)22-8-6-13-5-7-20-10-15(13)12-22;1-2/h2-8,13-14H,9-12H2,1H3;2-5,7,9-11H,6,8,12H2,1H3;1-2H3. The molecule has 0 atom stereocenters. The van der Waals surface area contributed by atoms with E-state index in [1.165, 1.54) is 58.1 Å². The van der Waals surface area contributed by atoms with Gasteiger partial charge >= 0.3 is 0 Å². The minimum atomic E-state index is -3.38. The summed E-state index contributed by atoms with van der Waals surface area (Å²) in [5.41, 5.74) is 3.93. The monoisotopic (exact) mass is 897 g/mol. The molecule has 0 unspecified atom stereocenters. The predicted molar refractivity (Wildman–Crippen MR) is 239 cm³/mol. The van der Waals surface area contributed by atoms with Crippen LogP contribution in [0.15, 0.2) is 118 Å². The first kappa shape index (κ1) is 43.3. The van der Waals surface area contributed by atoms with Crippen LogP contribution in [0.2, 0.25) is 0 Å². The largest absolute Gasteiger partial charge is 0.354 e. The maximum Gasteiger partial charge on any atom is 0.204 e. The molecule has 1 saturated heterocycles. The van der Waals surface area contributed by atoms with Crippen LogP contribution in [-0.4, -0.2) is 93.7 Å². The zero-order valence-corrected chi connectivity index (χ0v) is 37.2. The molecular weight excluding hydrogens is 855 g/mol. The zero-order chi connectivity index (χ0) is 43.3. The Labute approximate surface area is 362 Å². The van der Waals surface area contributed by atoms with Crippen LogP contribution in [0.4, 0.5) is 16.1 Å². The average Bonchev–Trinajstić information content (AvgIpc) is 4.08. The van der Waals surface area contributed by atoms with Crippen LogP contribution >= 0.6 is 22.7 Å². The van der Waals surface area contributed by atoms with Gasteiger partial charge in [-0.05, 0) is 60.0 Å². The van der Waals surface area contributed by atoms with E-state index in [4.69, 9.17) is 4.52 Å². The third kappa shape index (κ3) is 9.88. The maximum atomic E-state index is 12.9. The first-order chi connectivity index (χ1) is 29.3. The molecule has 4 aromatic heterocycles. The molecule has 61 heavy (non-hydrogen) atoms. The number of hydrogen-bond donors (Lipinski definition) is 0. The van der Waals surface area contributed by atoms with Crippen molar-refractivity contribution in [2.75, 3.05) is 59.9 Å². The normalized spacial score (nSPS) is 14.1. The van der Waals surface area contributed by atoms with Gasteiger partial charge in [0, 0.05) is 75.3 Å². The molecule has 14 nitrogen and oxygen atoms in total. The molecule has 6 heterocycles. The molecular formula is C43H43N7O7S4. The van der Waals surface area contributed by atoms with E-state index in [2.05, 4.69) is 34.8 Å². The molecule has 0 radical (unpaired) electrons. The minimum Gasteiger partial charge on any atom is -0.354 e. The average molecular weight is 898 g/mol. The SMILES string of the molecule is CC.CS(=O)(=O)c1cccc(C(=O)c2cnc(N3CCN(c4noc5ccccc45)CC3)s2)c1.CS(=O)(=O)c1cccc(C(=O)c2cnc(N3CCc4ccncc4C3)s2)c1. The second kappa shape index (κ2) is 18.4. The molecule has 1 fully saturated rings. The number of para-hydroxylation sites is 1. The predicted octanol–water partition coefficient (Wildman–Crippen LogP) is 7.01. The number of benzene rings is 3. The number of rotatable bonds is 9. The van der Waals surface area contributed by atoms with Crippen LogP contribution in [0.5, 0.6) is 0 Å². The quantitative estimate of drug-likeness (QED) is 0.135. The van der Waals surface area contributed by atoms with Crippen molar-refractivity contribution in [2.24, 2.45) is 0 Å². The number of carbonyl (C=O) groups excluding carboxylic acids is 2. The van der Waals surface area contributed by atoms with Crippen molar-refractivity contribution in [1.29, 1.82) is 0 Å². The highest BCUT2D eigenvalue weighted by atomic mass is 32.2. The molecule has 0 spiro atoms. The summed E-state index contributed by atoms with van der Waals surface area (Å²) in [5, 5.41) is 6.79. The Morgan fingerprint density at radius 1 is 0.639 bits per heavy atom. The highest BCUT2D eigenvalue weighted by Crippen LogP contribution is 2.31. The molecule has 18 heteroatoms. The van der Waals surface area contributed by atoms with Gasteiger partial charge in [0.15, 0.2) is 41.3 Å². The Morgan fingerprint density at radius 2 is 1.20 bits per heavy atom. The van der Waals surface area contributed by atoms with Crippen molar-refractivity contribution in [3.05, 3.63) is 136 Å². The van der Waals surface area contributed by atoms with Gasteiger partial charge in [0.1, 0.15) is 0 Å². The van der Waals surface area contributed by atoms with Crippen molar-refractivity contribution in [1.82, 2.24) is 20.1 Å². The Balaban J connectivity index is 0.000000179. The lowest BCUT2D eigenvalue weighted by Gasteiger charge is -2.34. The van der Waals surface area contributed by atoms with Crippen LogP contribution in [0, 0.1) is 0 Å². The highest BCUT2D eigenvalue weighted by molar-refractivity contribution is 7.91. The van der Waals surface area contributed by atoms with E-state index in [9.17, 15) is 26.4 Å². The van der Waals surface area contributed by atoms with Gasteiger partial charge < -0.3 is 19.2 Å². The van der Waals surface area contributed by atoms with Gasteiger partial charge in [0.05, 0.1) is 37.3 Å². The molecule has 7 aromatic rings. The first-order valence-electron chi connectivity index (χ1n) is 19.4. The summed E-state index contributed by atoms with van der Waals surface area (Å²) in [4.78, 5) is 46.4. The van der Waals surface area contributed by atoms with Crippen LogP contribution < -0.4 is 14.7 Å². The molecule has 9 rings (SSSR count). The number of anilines is 3. The molecule has 0 N–H and O–H groups in total. The fourth-order valence-corrected chi connectivity index (χ4v) is 9.97. The van der Waals surface area contributed by atoms with Gasteiger partial charge in [-0.15, -0.1) is 0 Å². The molecule has 316 valence electrons. The summed E-state index contributed by atoms with van der Waals surface area (Å²) in [6.07, 6.45) is 9.97. The van der Waals surface area contributed by atoms with E-state index in [0.717, 1.165) is 78.7 Å². The lowest BCUT2D eigenvalue weighted by molar-refractivity contribution is 0.103. The second-order valence-corrected chi connectivity index (χ2v) is 20.1. The molecule has 2 aliphatic rings. The first-order valence-corrected chi connectivity index (χ1v) is 24.9. The Kier molecular flexibility index (Phi) is 13.1. The van der Waals surface area contributed by atoms with E-state index in [-0.39, 0.29) is 21.4 Å². The Bertz CT molecular complexity index is 2920. The van der Waals surface area contributed by atoms with Crippen LogP contribution in [0.3, 0.4) is 0 Å². The van der Waals surface area contributed by atoms with Gasteiger partial charge in [-0.2, -0.15) is 0 Å². The van der Waals surface area contributed by atoms with Crippen molar-refractivity contribution in [3.8, 4) is 0 Å². The fraction of sp³-hybridized carbons (Fsp3) is 0.256. The van der Waals surface area contributed by atoms with E-state index in [0.29, 0.717) is 27.4 Å². The molecule has 0 bridgehead atoms. The molecule has 0 amide bonds. The number of ketones is 2. The van der Waals surface area contributed by atoms with Crippen molar-refractivity contribution in [3.63, 3.8) is 0 Å². The van der Waals surface area contributed by atoms with E-state index < -0.39 is 19.7 Å². The molecule has 0 saturated carbocycles. The topological polar surface area (TPSA) is 177 Å². The number of fused-ring (bicyclic) bond motifs is 2. The lowest BCUT2D eigenvalue weighted by Crippen LogP contribution is -2.46. The van der Waals surface area contributed by atoms with Crippen LogP contribution in [-0.2, 0) is 32.6 Å². The third-order valence-electron chi connectivity index (χ3n) is 9.98. The summed E-state index contributed by atoms with van der Waals surface area (Å²) in [7, 11) is -6.74. The number of hydrogen-bond acceptors (Lipinski definition) is 16. The van der Waals surface area contributed by atoms with Crippen molar-refractivity contribution in [2.45, 2.75) is 36.6 Å². The third-order valence-corrected chi connectivity index (χ3v) is 14.3. The van der Waals surface area contributed by atoms with E-state index in [1.54, 1.807) is 42.9 Å². The summed E-state index contributed by atoms with van der Waals surface area (Å²) in [5.74, 6) is 0.399. The van der Waals surface area contributed by atoms with Crippen molar-refractivity contribution < 1.29 is 30.9 Å². The van der Waals surface area contributed by atoms with Gasteiger partial charge in [0.2, 0.25) is 11.6 Å². The summed E-state index contributed by atoms with van der Waals surface area (Å²) >= 11 is 2.65. The van der Waals surface area contributed by atoms with E-state index >= 15 is 0 Å². The summed E-state index contributed by atoms with van der Waals surface area (Å²) in [6, 6.07) is 22.1. The smallest absolute Gasteiger partial charge is 0.204 e. The summed E-state index contributed by atoms with van der Waals surface area (Å²) < 4.78 is 52.5. The number of piperazine rings is 1. The number of aromatic nitrogens is 4. The number of carbonyl (C=O) groups is 2. The number of nitrogens with zero attached hydrogens (tertiary/aromatic N) is 7. The minimum absolute atomic E-state index is 0.129. The molecule has 2 aliphatic heterocycles. The van der Waals surface area contributed by atoms with Crippen LogP contribution in [0.1, 0.15) is 55.4 Å². The van der Waals surface area contributed by atoms with Gasteiger partial charge in [-0.25, -0.2) is 26.8 Å². The van der Waals surface area contributed by atoms with Gasteiger partial charge in [-0.1, -0.05) is 78.1 Å². The zero-order valence-electron chi connectivity index (χ0n) is 33.9. The summed E-state index contributed by atoms with van der Waals surface area (Å²) in [6.45, 7) is 8.55. The van der Waals surface area contributed by atoms with E-state index in [1.807, 2.05) is 50.4 Å². The highest BCUT2D eigenvalue weighted by Gasteiger charge is 2.25. The molecule has 3 aromatic carbocycles. The maximum absolute atomic E-state index is 12.9. The van der Waals surface area contributed by atoms with Crippen molar-refractivity contribution >= 4 is 81.0 Å². The Morgan fingerprint density at radius 3 is 1.79 bits per heavy atom. The number of pyridine rings is 1. The molecule has 0 aliphatic carbocycles. The lowest BCUT2D eigenvalue weighted by atomic mass is 10.0. The van der Waals surface area contributed by atoms with Gasteiger partial charge in [0.25, 0.3) is 0 Å². The number of sulfone groups is 2. The second-order valence-electron chi connectivity index (χ2n) is 14.1.